The second-order valence-electron chi connectivity index (χ2n) is 9.57. The van der Waals surface area contributed by atoms with Crippen LogP contribution in [0.3, 0.4) is 0 Å². The summed E-state index contributed by atoms with van der Waals surface area (Å²) in [5, 5.41) is 2.96. The van der Waals surface area contributed by atoms with Gasteiger partial charge in [0.25, 0.3) is 11.8 Å². The lowest BCUT2D eigenvalue weighted by molar-refractivity contribution is 0.0303. The molecule has 0 bridgehead atoms. The number of piperazine rings is 1. The van der Waals surface area contributed by atoms with Crippen molar-refractivity contribution in [2.75, 3.05) is 69.8 Å². The highest BCUT2D eigenvalue weighted by atomic mass is 16.5. The minimum Gasteiger partial charge on any atom is -0.497 e. The number of hydrogen-bond donors (Lipinski definition) is 1. The highest BCUT2D eigenvalue weighted by Crippen LogP contribution is 2.28. The van der Waals surface area contributed by atoms with Crippen molar-refractivity contribution in [3.05, 3.63) is 89.5 Å². The lowest BCUT2D eigenvalue weighted by Gasteiger charge is -2.37. The van der Waals surface area contributed by atoms with Crippen LogP contribution in [0.4, 0.5) is 11.4 Å². The lowest BCUT2D eigenvalue weighted by atomic mass is 10.1. The lowest BCUT2D eigenvalue weighted by Crippen LogP contribution is -2.47. The summed E-state index contributed by atoms with van der Waals surface area (Å²) >= 11 is 0. The highest BCUT2D eigenvalue weighted by molar-refractivity contribution is 6.06. The van der Waals surface area contributed by atoms with Gasteiger partial charge in [0.05, 0.1) is 25.9 Å². The first-order valence-electron chi connectivity index (χ1n) is 13.1. The molecule has 0 radical (unpaired) electrons. The van der Waals surface area contributed by atoms with Gasteiger partial charge in [-0.1, -0.05) is 36.4 Å². The molecular weight excluding hydrogens is 480 g/mol. The maximum Gasteiger partial charge on any atom is 0.256 e. The van der Waals surface area contributed by atoms with Gasteiger partial charge in [0.15, 0.2) is 0 Å². The smallest absolute Gasteiger partial charge is 0.256 e. The van der Waals surface area contributed by atoms with E-state index in [2.05, 4.69) is 39.4 Å². The van der Waals surface area contributed by atoms with Crippen LogP contribution in [0.2, 0.25) is 0 Å². The van der Waals surface area contributed by atoms with E-state index in [4.69, 9.17) is 9.47 Å². The van der Waals surface area contributed by atoms with Crippen LogP contribution < -0.4 is 15.0 Å². The van der Waals surface area contributed by atoms with E-state index in [1.165, 1.54) is 5.56 Å². The first-order chi connectivity index (χ1) is 18.6. The largest absolute Gasteiger partial charge is 0.497 e. The van der Waals surface area contributed by atoms with E-state index in [0.717, 1.165) is 38.4 Å². The number of carbonyl (C=O) groups excluding carboxylic acids is 2. The van der Waals surface area contributed by atoms with E-state index in [1.54, 1.807) is 31.4 Å². The molecule has 8 nitrogen and oxygen atoms in total. The summed E-state index contributed by atoms with van der Waals surface area (Å²) in [7, 11) is 1.57. The zero-order valence-electron chi connectivity index (χ0n) is 21.8. The van der Waals surface area contributed by atoms with Gasteiger partial charge in [-0.25, -0.2) is 0 Å². The number of nitrogens with zero attached hydrogens (tertiary/aromatic N) is 3. The normalized spacial score (nSPS) is 16.2. The van der Waals surface area contributed by atoms with Gasteiger partial charge in [0.2, 0.25) is 0 Å². The number of methoxy groups -OCH3 is 1. The number of morpholine rings is 1. The van der Waals surface area contributed by atoms with Crippen LogP contribution in [0.1, 0.15) is 26.3 Å². The Kier molecular flexibility index (Phi) is 8.21. The Bertz CT molecular complexity index is 1250. The van der Waals surface area contributed by atoms with Crippen LogP contribution in [0.5, 0.6) is 5.75 Å². The van der Waals surface area contributed by atoms with Gasteiger partial charge in [0.1, 0.15) is 5.75 Å². The molecule has 0 unspecified atom stereocenters. The molecule has 5 rings (SSSR count). The summed E-state index contributed by atoms with van der Waals surface area (Å²) in [6, 6.07) is 23.1. The molecule has 2 amide bonds. The Morgan fingerprint density at radius 3 is 2.37 bits per heavy atom. The SMILES string of the molecule is COc1cccc(C(=O)Nc2ccc(N3CCN(Cc4ccccc4)CC3)c(C(=O)N3CCOCC3)c2)c1. The molecule has 0 saturated carbocycles. The third kappa shape index (κ3) is 6.15. The maximum absolute atomic E-state index is 13.7. The molecule has 0 aromatic heterocycles. The van der Waals surface area contributed by atoms with Crippen molar-refractivity contribution in [3.63, 3.8) is 0 Å². The number of anilines is 2. The molecule has 38 heavy (non-hydrogen) atoms. The van der Waals surface area contributed by atoms with Crippen LogP contribution in [0.15, 0.2) is 72.8 Å². The van der Waals surface area contributed by atoms with Crippen molar-refractivity contribution in [2.24, 2.45) is 0 Å². The number of nitrogens with one attached hydrogen (secondary N) is 1. The number of carbonyl (C=O) groups is 2. The average Bonchev–Trinajstić information content (AvgIpc) is 2.98. The molecule has 1 N–H and O–H groups in total. The third-order valence-corrected chi connectivity index (χ3v) is 7.08. The number of ether oxygens (including phenoxy) is 2. The van der Waals surface area contributed by atoms with Gasteiger partial charge >= 0.3 is 0 Å². The van der Waals surface area contributed by atoms with E-state index < -0.39 is 0 Å². The van der Waals surface area contributed by atoms with Crippen molar-refractivity contribution in [1.29, 1.82) is 0 Å². The van der Waals surface area contributed by atoms with Crippen molar-refractivity contribution in [1.82, 2.24) is 9.80 Å². The summed E-state index contributed by atoms with van der Waals surface area (Å²) in [5.41, 5.74) is 3.89. The minimum atomic E-state index is -0.254. The molecule has 198 valence electrons. The number of rotatable bonds is 7. The van der Waals surface area contributed by atoms with Crippen molar-refractivity contribution < 1.29 is 19.1 Å². The van der Waals surface area contributed by atoms with Crippen LogP contribution in [-0.4, -0.2) is 81.2 Å². The number of hydrogen-bond acceptors (Lipinski definition) is 6. The van der Waals surface area contributed by atoms with Crippen molar-refractivity contribution in [2.45, 2.75) is 6.54 Å². The standard InChI is InChI=1S/C30H34N4O4/c1-37-26-9-5-8-24(20-26)29(35)31-25-10-11-28(27(21-25)30(36)34-16-18-38-19-17-34)33-14-12-32(13-15-33)22-23-6-3-2-4-7-23/h2-11,20-21H,12-19,22H2,1H3,(H,31,35). The molecule has 2 aliphatic heterocycles. The average molecular weight is 515 g/mol. The first-order valence-corrected chi connectivity index (χ1v) is 13.1. The van der Waals surface area contributed by atoms with Crippen molar-refractivity contribution >= 4 is 23.2 Å². The van der Waals surface area contributed by atoms with Crippen LogP contribution in [0, 0.1) is 0 Å². The van der Waals surface area contributed by atoms with Gasteiger partial charge in [-0.15, -0.1) is 0 Å². The Morgan fingerprint density at radius 2 is 1.63 bits per heavy atom. The molecule has 2 saturated heterocycles. The fourth-order valence-electron chi connectivity index (χ4n) is 4.95. The van der Waals surface area contributed by atoms with Gasteiger partial charge in [-0.2, -0.15) is 0 Å². The number of benzene rings is 3. The molecule has 2 heterocycles. The Balaban J connectivity index is 1.34. The van der Waals surface area contributed by atoms with E-state index in [1.807, 2.05) is 29.2 Å². The maximum atomic E-state index is 13.7. The van der Waals surface area contributed by atoms with Crippen LogP contribution >= 0.6 is 0 Å². The second-order valence-corrected chi connectivity index (χ2v) is 9.57. The Labute approximate surface area is 223 Å². The summed E-state index contributed by atoms with van der Waals surface area (Å²) < 4.78 is 10.7. The molecular formula is C30H34N4O4. The van der Waals surface area contributed by atoms with Gasteiger partial charge in [-0.05, 0) is 42.0 Å². The van der Waals surface area contributed by atoms with Gasteiger partial charge in [-0.3, -0.25) is 14.5 Å². The first kappa shape index (κ1) is 25.8. The van der Waals surface area contributed by atoms with E-state index in [-0.39, 0.29) is 11.8 Å². The summed E-state index contributed by atoms with van der Waals surface area (Å²) in [5.74, 6) is 0.325. The Hall–Kier alpha value is -3.88. The molecule has 8 heteroatoms. The van der Waals surface area contributed by atoms with E-state index in [9.17, 15) is 9.59 Å². The topological polar surface area (TPSA) is 74.4 Å². The fraction of sp³-hybridized carbons (Fsp3) is 0.333. The monoisotopic (exact) mass is 514 g/mol. The molecule has 2 aliphatic rings. The number of amides is 2. The van der Waals surface area contributed by atoms with Crippen molar-refractivity contribution in [3.8, 4) is 5.75 Å². The summed E-state index contributed by atoms with van der Waals surface area (Å²) in [6.07, 6.45) is 0. The predicted molar refractivity (Wildman–Crippen MR) is 148 cm³/mol. The second kappa shape index (κ2) is 12.1. The fourth-order valence-corrected chi connectivity index (χ4v) is 4.95. The molecule has 0 spiro atoms. The zero-order chi connectivity index (χ0) is 26.3. The third-order valence-electron chi connectivity index (χ3n) is 7.08. The summed E-state index contributed by atoms with van der Waals surface area (Å²) in [6.45, 7) is 6.58. The molecule has 3 aromatic carbocycles. The molecule has 3 aromatic rings. The minimum absolute atomic E-state index is 0.0347. The van der Waals surface area contributed by atoms with Gasteiger partial charge in [0, 0.05) is 62.8 Å². The predicted octanol–water partition coefficient (Wildman–Crippen LogP) is 3.74. The Morgan fingerprint density at radius 1 is 0.868 bits per heavy atom. The summed E-state index contributed by atoms with van der Waals surface area (Å²) in [4.78, 5) is 33.2. The van der Waals surface area contributed by atoms with Crippen LogP contribution in [0.25, 0.3) is 0 Å². The molecule has 0 atom stereocenters. The molecule has 2 fully saturated rings. The van der Waals surface area contributed by atoms with Crippen LogP contribution in [-0.2, 0) is 11.3 Å². The quantitative estimate of drug-likeness (QED) is 0.518. The van der Waals surface area contributed by atoms with Gasteiger partial charge < -0.3 is 24.6 Å². The van der Waals surface area contributed by atoms with E-state index >= 15 is 0 Å². The zero-order valence-corrected chi connectivity index (χ0v) is 21.8. The molecule has 0 aliphatic carbocycles. The van der Waals surface area contributed by atoms with E-state index in [0.29, 0.717) is 48.9 Å². The highest BCUT2D eigenvalue weighted by Gasteiger charge is 2.26.